The Morgan fingerprint density at radius 3 is 2.89 bits per heavy atom. The summed E-state index contributed by atoms with van der Waals surface area (Å²) in [6, 6.07) is 3.37. The Hall–Kier alpha value is -1.69. The highest BCUT2D eigenvalue weighted by Gasteiger charge is 2.13. The van der Waals surface area contributed by atoms with Crippen molar-refractivity contribution in [1.82, 2.24) is 0 Å². The second kappa shape index (κ2) is 7.60. The minimum absolute atomic E-state index is 0.120. The molecule has 0 radical (unpaired) electrons. The molecule has 0 spiro atoms. The fourth-order valence-electron chi connectivity index (χ4n) is 1.45. The van der Waals surface area contributed by atoms with Crippen molar-refractivity contribution in [3.8, 4) is 0 Å². The molecule has 0 aliphatic heterocycles. The maximum Gasteiger partial charge on any atom is 0.292 e. The number of ether oxygens (including phenoxy) is 1. The van der Waals surface area contributed by atoms with Crippen molar-refractivity contribution < 1.29 is 14.1 Å². The molecule has 1 aromatic carbocycles. The molecule has 1 aromatic rings. The molecule has 0 saturated carbocycles. The van der Waals surface area contributed by atoms with Crippen LogP contribution in [-0.2, 0) is 4.74 Å². The van der Waals surface area contributed by atoms with Crippen LogP contribution in [0.5, 0.6) is 0 Å². The highest BCUT2D eigenvalue weighted by atomic mass is 19.1. The topological polar surface area (TPSA) is 64.4 Å². The van der Waals surface area contributed by atoms with Crippen LogP contribution in [0.4, 0.5) is 15.8 Å². The van der Waals surface area contributed by atoms with Gasteiger partial charge in [-0.05, 0) is 18.9 Å². The zero-order valence-corrected chi connectivity index (χ0v) is 10.3. The van der Waals surface area contributed by atoms with Gasteiger partial charge in [0.1, 0.15) is 11.5 Å². The summed E-state index contributed by atoms with van der Waals surface area (Å²) >= 11 is 0. The van der Waals surface area contributed by atoms with Crippen molar-refractivity contribution in [3.63, 3.8) is 0 Å². The zero-order valence-electron chi connectivity index (χ0n) is 10.3. The molecule has 0 aliphatic rings. The molecule has 0 heterocycles. The van der Waals surface area contributed by atoms with E-state index >= 15 is 0 Å². The predicted molar refractivity (Wildman–Crippen MR) is 67.3 cm³/mol. The second-order valence-corrected chi connectivity index (χ2v) is 3.81. The summed E-state index contributed by atoms with van der Waals surface area (Å²) in [4.78, 5) is 10.2. The van der Waals surface area contributed by atoms with Gasteiger partial charge in [0, 0.05) is 31.9 Å². The minimum atomic E-state index is -0.532. The average Bonchev–Trinajstić information content (AvgIpc) is 2.33. The van der Waals surface area contributed by atoms with Crippen molar-refractivity contribution in [1.29, 1.82) is 0 Å². The average molecular weight is 256 g/mol. The molecule has 6 heteroatoms. The van der Waals surface area contributed by atoms with Gasteiger partial charge in [0.25, 0.3) is 5.69 Å². The Kier molecular flexibility index (Phi) is 6.07. The maximum atomic E-state index is 13.0. The van der Waals surface area contributed by atoms with Gasteiger partial charge >= 0.3 is 0 Å². The van der Waals surface area contributed by atoms with Crippen LogP contribution in [0.3, 0.4) is 0 Å². The first kappa shape index (κ1) is 14.4. The van der Waals surface area contributed by atoms with Crippen LogP contribution in [0.2, 0.25) is 0 Å². The summed E-state index contributed by atoms with van der Waals surface area (Å²) in [6.07, 6.45) is 1.68. The molecule has 100 valence electrons. The molecule has 0 unspecified atom stereocenters. The highest BCUT2D eigenvalue weighted by Crippen LogP contribution is 2.24. The summed E-state index contributed by atoms with van der Waals surface area (Å²) in [5.41, 5.74) is 0.0846. The third-order valence-electron chi connectivity index (χ3n) is 2.28. The standard InChI is InChI=1S/C12H17FN2O3/c1-2-7-18-8-3-6-14-11-9-10(13)4-5-12(11)15(16)17/h4-5,9,14H,2-3,6-8H2,1H3. The van der Waals surface area contributed by atoms with Crippen LogP contribution in [-0.4, -0.2) is 24.7 Å². The van der Waals surface area contributed by atoms with E-state index in [-0.39, 0.29) is 11.4 Å². The van der Waals surface area contributed by atoms with Crippen LogP contribution in [0.25, 0.3) is 0 Å². The molecule has 0 aliphatic carbocycles. The van der Waals surface area contributed by atoms with Crippen molar-refractivity contribution in [2.24, 2.45) is 0 Å². The smallest absolute Gasteiger partial charge is 0.292 e. The number of hydrogen-bond acceptors (Lipinski definition) is 4. The summed E-state index contributed by atoms with van der Waals surface area (Å²) in [5.74, 6) is -0.495. The highest BCUT2D eigenvalue weighted by molar-refractivity contribution is 5.61. The molecule has 18 heavy (non-hydrogen) atoms. The van der Waals surface area contributed by atoms with Gasteiger partial charge in [-0.25, -0.2) is 4.39 Å². The lowest BCUT2D eigenvalue weighted by molar-refractivity contribution is -0.384. The monoisotopic (exact) mass is 256 g/mol. The number of nitro groups is 1. The molecule has 0 saturated heterocycles. The van der Waals surface area contributed by atoms with E-state index in [0.29, 0.717) is 26.2 Å². The van der Waals surface area contributed by atoms with E-state index in [4.69, 9.17) is 4.74 Å². The molecule has 0 aromatic heterocycles. The molecule has 5 nitrogen and oxygen atoms in total. The molecule has 1 N–H and O–H groups in total. The van der Waals surface area contributed by atoms with E-state index in [1.807, 2.05) is 6.92 Å². The van der Waals surface area contributed by atoms with Gasteiger partial charge in [0.05, 0.1) is 4.92 Å². The van der Waals surface area contributed by atoms with Gasteiger partial charge < -0.3 is 10.1 Å². The zero-order chi connectivity index (χ0) is 13.4. The molecule has 0 bridgehead atoms. The van der Waals surface area contributed by atoms with E-state index in [0.717, 1.165) is 24.6 Å². The Morgan fingerprint density at radius 1 is 1.44 bits per heavy atom. The first-order valence-corrected chi connectivity index (χ1v) is 5.90. The Morgan fingerprint density at radius 2 is 2.22 bits per heavy atom. The number of benzene rings is 1. The van der Waals surface area contributed by atoms with Crippen molar-refractivity contribution >= 4 is 11.4 Å². The van der Waals surface area contributed by atoms with E-state index in [9.17, 15) is 14.5 Å². The summed E-state index contributed by atoms with van der Waals surface area (Å²) in [6.45, 7) is 3.83. The lowest BCUT2D eigenvalue weighted by Gasteiger charge is -2.07. The van der Waals surface area contributed by atoms with E-state index in [1.54, 1.807) is 0 Å². The number of rotatable bonds is 8. The second-order valence-electron chi connectivity index (χ2n) is 3.81. The normalized spacial score (nSPS) is 10.3. The number of hydrogen-bond donors (Lipinski definition) is 1. The number of halogens is 1. The van der Waals surface area contributed by atoms with E-state index in [2.05, 4.69) is 5.32 Å². The Balaban J connectivity index is 2.45. The van der Waals surface area contributed by atoms with Gasteiger partial charge in [-0.2, -0.15) is 0 Å². The predicted octanol–water partition coefficient (Wildman–Crippen LogP) is 2.96. The molecule has 0 atom stereocenters. The quantitative estimate of drug-likeness (QED) is 0.441. The summed E-state index contributed by atoms with van der Waals surface area (Å²) < 4.78 is 18.3. The number of anilines is 1. The van der Waals surface area contributed by atoms with Gasteiger partial charge in [-0.15, -0.1) is 0 Å². The fraction of sp³-hybridized carbons (Fsp3) is 0.500. The molecular weight excluding hydrogens is 239 g/mol. The molecule has 1 rings (SSSR count). The lowest BCUT2D eigenvalue weighted by Crippen LogP contribution is -2.08. The van der Waals surface area contributed by atoms with E-state index < -0.39 is 10.7 Å². The van der Waals surface area contributed by atoms with Crippen LogP contribution in [0, 0.1) is 15.9 Å². The third-order valence-corrected chi connectivity index (χ3v) is 2.28. The van der Waals surface area contributed by atoms with Gasteiger partial charge in [-0.1, -0.05) is 6.92 Å². The van der Waals surface area contributed by atoms with Crippen molar-refractivity contribution in [3.05, 3.63) is 34.1 Å². The summed E-state index contributed by atoms with van der Waals surface area (Å²) in [7, 11) is 0. The first-order valence-electron chi connectivity index (χ1n) is 5.90. The Labute approximate surface area is 105 Å². The third kappa shape index (κ3) is 4.67. The number of nitrogens with one attached hydrogen (secondary N) is 1. The van der Waals surface area contributed by atoms with Crippen LogP contribution < -0.4 is 5.32 Å². The summed E-state index contributed by atoms with van der Waals surface area (Å²) in [5, 5.41) is 13.6. The van der Waals surface area contributed by atoms with Gasteiger partial charge in [0.2, 0.25) is 0 Å². The van der Waals surface area contributed by atoms with Gasteiger partial charge in [-0.3, -0.25) is 10.1 Å². The van der Waals surface area contributed by atoms with Crippen LogP contribution in [0.15, 0.2) is 18.2 Å². The minimum Gasteiger partial charge on any atom is -0.381 e. The maximum absolute atomic E-state index is 13.0. The SMILES string of the molecule is CCCOCCCNc1cc(F)ccc1[N+](=O)[O-]. The number of nitro benzene ring substituents is 1. The first-order chi connectivity index (χ1) is 8.65. The van der Waals surface area contributed by atoms with Crippen molar-refractivity contribution in [2.75, 3.05) is 25.1 Å². The number of nitrogens with zero attached hydrogens (tertiary/aromatic N) is 1. The fourth-order valence-corrected chi connectivity index (χ4v) is 1.45. The van der Waals surface area contributed by atoms with Crippen LogP contribution in [0.1, 0.15) is 19.8 Å². The Bertz CT molecular complexity index is 399. The van der Waals surface area contributed by atoms with E-state index in [1.165, 1.54) is 0 Å². The largest absolute Gasteiger partial charge is 0.381 e. The lowest BCUT2D eigenvalue weighted by atomic mass is 10.2. The molecule has 0 amide bonds. The van der Waals surface area contributed by atoms with Crippen molar-refractivity contribution in [2.45, 2.75) is 19.8 Å². The molecule has 0 fully saturated rings. The van der Waals surface area contributed by atoms with Crippen LogP contribution >= 0.6 is 0 Å². The molecular formula is C12H17FN2O3. The van der Waals surface area contributed by atoms with Gasteiger partial charge in [0.15, 0.2) is 0 Å².